The van der Waals surface area contributed by atoms with Crippen LogP contribution in [0.5, 0.6) is 0 Å². The second kappa shape index (κ2) is 6.24. The number of carbonyl (C=O) groups is 2. The zero-order valence-corrected chi connectivity index (χ0v) is 13.4. The van der Waals surface area contributed by atoms with Crippen molar-refractivity contribution in [1.82, 2.24) is 0 Å². The molecule has 23 heavy (non-hydrogen) atoms. The number of anilines is 2. The van der Waals surface area contributed by atoms with Crippen LogP contribution < -0.4 is 10.2 Å². The summed E-state index contributed by atoms with van der Waals surface area (Å²) in [5.41, 5.74) is 4.79. The van der Waals surface area contributed by atoms with Gasteiger partial charge in [0.1, 0.15) is 0 Å². The molecular formula is C19H20N2O2. The number of rotatable bonds is 3. The molecule has 0 aromatic heterocycles. The Morgan fingerprint density at radius 3 is 2.65 bits per heavy atom. The average Bonchev–Trinajstić information content (AvgIpc) is 2.95. The SMILES string of the molecule is CC(=O)N1CCc2cccc(NC(=O)Cc3ccccc3C)c21. The summed E-state index contributed by atoms with van der Waals surface area (Å²) in [4.78, 5) is 25.9. The van der Waals surface area contributed by atoms with Gasteiger partial charge in [-0.2, -0.15) is 0 Å². The number of aryl methyl sites for hydroxylation is 1. The molecule has 3 rings (SSSR count). The molecule has 1 N–H and O–H groups in total. The molecule has 0 bridgehead atoms. The minimum absolute atomic E-state index is 0.00403. The Kier molecular flexibility index (Phi) is 4.15. The molecule has 2 aromatic carbocycles. The maximum absolute atomic E-state index is 12.4. The van der Waals surface area contributed by atoms with E-state index in [1.54, 1.807) is 11.8 Å². The van der Waals surface area contributed by atoms with Gasteiger partial charge in [0.25, 0.3) is 0 Å². The molecule has 4 heteroatoms. The van der Waals surface area contributed by atoms with E-state index in [4.69, 9.17) is 0 Å². The van der Waals surface area contributed by atoms with Crippen molar-refractivity contribution in [2.24, 2.45) is 0 Å². The van der Waals surface area contributed by atoms with Gasteiger partial charge in [0.15, 0.2) is 0 Å². The first-order valence-electron chi connectivity index (χ1n) is 7.80. The third kappa shape index (κ3) is 3.11. The highest BCUT2D eigenvalue weighted by atomic mass is 16.2. The van der Waals surface area contributed by atoms with Crippen molar-refractivity contribution in [3.8, 4) is 0 Å². The molecule has 1 heterocycles. The van der Waals surface area contributed by atoms with Crippen LogP contribution in [0.4, 0.5) is 11.4 Å². The van der Waals surface area contributed by atoms with Gasteiger partial charge in [-0.05, 0) is 36.1 Å². The van der Waals surface area contributed by atoms with E-state index in [2.05, 4.69) is 5.32 Å². The van der Waals surface area contributed by atoms with Gasteiger partial charge < -0.3 is 10.2 Å². The molecular weight excluding hydrogens is 288 g/mol. The topological polar surface area (TPSA) is 49.4 Å². The molecule has 0 atom stereocenters. The van der Waals surface area contributed by atoms with Crippen molar-refractivity contribution in [2.45, 2.75) is 26.7 Å². The molecule has 0 aliphatic carbocycles. The van der Waals surface area contributed by atoms with Gasteiger partial charge in [0, 0.05) is 13.5 Å². The van der Waals surface area contributed by atoms with Gasteiger partial charge in [0.2, 0.25) is 11.8 Å². The Hall–Kier alpha value is -2.62. The highest BCUT2D eigenvalue weighted by Gasteiger charge is 2.25. The lowest BCUT2D eigenvalue weighted by Crippen LogP contribution is -2.27. The molecule has 0 saturated carbocycles. The van der Waals surface area contributed by atoms with Crippen molar-refractivity contribution >= 4 is 23.2 Å². The number of carbonyl (C=O) groups excluding carboxylic acids is 2. The monoisotopic (exact) mass is 308 g/mol. The number of hydrogen-bond acceptors (Lipinski definition) is 2. The van der Waals surface area contributed by atoms with Crippen LogP contribution in [0.15, 0.2) is 42.5 Å². The molecule has 0 radical (unpaired) electrons. The van der Waals surface area contributed by atoms with Crippen molar-refractivity contribution in [1.29, 1.82) is 0 Å². The zero-order valence-electron chi connectivity index (χ0n) is 13.4. The molecule has 0 spiro atoms. The van der Waals surface area contributed by atoms with Gasteiger partial charge in [-0.25, -0.2) is 0 Å². The fourth-order valence-electron chi connectivity index (χ4n) is 3.05. The highest BCUT2D eigenvalue weighted by molar-refractivity contribution is 6.02. The molecule has 0 saturated heterocycles. The van der Waals surface area contributed by atoms with Crippen molar-refractivity contribution in [3.63, 3.8) is 0 Å². The fraction of sp³-hybridized carbons (Fsp3) is 0.263. The maximum Gasteiger partial charge on any atom is 0.228 e. The van der Waals surface area contributed by atoms with Crippen LogP contribution in [0.3, 0.4) is 0 Å². The van der Waals surface area contributed by atoms with E-state index < -0.39 is 0 Å². The van der Waals surface area contributed by atoms with Gasteiger partial charge in [-0.1, -0.05) is 36.4 Å². The average molecular weight is 308 g/mol. The Morgan fingerprint density at radius 1 is 1.13 bits per heavy atom. The van der Waals surface area contributed by atoms with E-state index in [1.807, 2.05) is 49.4 Å². The lowest BCUT2D eigenvalue weighted by atomic mass is 10.1. The van der Waals surface area contributed by atoms with Crippen LogP contribution in [-0.2, 0) is 22.4 Å². The number of nitrogens with one attached hydrogen (secondary N) is 1. The number of para-hydroxylation sites is 1. The smallest absolute Gasteiger partial charge is 0.228 e. The normalized spacial score (nSPS) is 12.9. The second-order valence-electron chi connectivity index (χ2n) is 5.89. The summed E-state index contributed by atoms with van der Waals surface area (Å²) in [6.07, 6.45) is 1.16. The summed E-state index contributed by atoms with van der Waals surface area (Å²) in [5.74, 6) is -0.0625. The Labute approximate surface area is 136 Å². The van der Waals surface area contributed by atoms with E-state index in [0.717, 1.165) is 28.8 Å². The first-order chi connectivity index (χ1) is 11.1. The second-order valence-corrected chi connectivity index (χ2v) is 5.89. The number of benzene rings is 2. The Bertz CT molecular complexity index is 768. The summed E-state index contributed by atoms with van der Waals surface area (Å²) < 4.78 is 0. The van der Waals surface area contributed by atoms with E-state index in [1.165, 1.54) is 0 Å². The molecule has 2 amide bonds. The van der Waals surface area contributed by atoms with Gasteiger partial charge in [0.05, 0.1) is 17.8 Å². The summed E-state index contributed by atoms with van der Waals surface area (Å²) in [6.45, 7) is 4.23. The first kappa shape index (κ1) is 15.3. The quantitative estimate of drug-likeness (QED) is 0.947. The van der Waals surface area contributed by atoms with Gasteiger partial charge >= 0.3 is 0 Å². The van der Waals surface area contributed by atoms with Crippen LogP contribution in [-0.4, -0.2) is 18.4 Å². The predicted molar refractivity (Wildman–Crippen MR) is 91.7 cm³/mol. The van der Waals surface area contributed by atoms with Crippen LogP contribution in [0.1, 0.15) is 23.6 Å². The van der Waals surface area contributed by atoms with Crippen LogP contribution >= 0.6 is 0 Å². The van der Waals surface area contributed by atoms with Gasteiger partial charge in [-0.3, -0.25) is 9.59 Å². The minimum atomic E-state index is -0.0666. The molecule has 1 aliphatic heterocycles. The summed E-state index contributed by atoms with van der Waals surface area (Å²) >= 11 is 0. The summed E-state index contributed by atoms with van der Waals surface area (Å²) in [6, 6.07) is 13.7. The summed E-state index contributed by atoms with van der Waals surface area (Å²) in [5, 5.41) is 2.97. The third-order valence-corrected chi connectivity index (χ3v) is 4.26. The summed E-state index contributed by atoms with van der Waals surface area (Å²) in [7, 11) is 0. The molecule has 0 unspecified atom stereocenters. The third-order valence-electron chi connectivity index (χ3n) is 4.26. The zero-order chi connectivity index (χ0) is 16.4. The number of nitrogens with zero attached hydrogens (tertiary/aromatic N) is 1. The largest absolute Gasteiger partial charge is 0.324 e. The van der Waals surface area contributed by atoms with E-state index in [-0.39, 0.29) is 11.8 Å². The highest BCUT2D eigenvalue weighted by Crippen LogP contribution is 2.35. The van der Waals surface area contributed by atoms with Gasteiger partial charge in [-0.15, -0.1) is 0 Å². The number of fused-ring (bicyclic) bond motifs is 1. The molecule has 1 aliphatic rings. The molecule has 4 nitrogen and oxygen atoms in total. The van der Waals surface area contributed by atoms with Crippen molar-refractivity contribution in [2.75, 3.05) is 16.8 Å². The Morgan fingerprint density at radius 2 is 1.91 bits per heavy atom. The van der Waals surface area contributed by atoms with Crippen LogP contribution in [0, 0.1) is 6.92 Å². The van der Waals surface area contributed by atoms with Crippen LogP contribution in [0.25, 0.3) is 0 Å². The number of amides is 2. The molecule has 0 fully saturated rings. The van der Waals surface area contributed by atoms with E-state index in [0.29, 0.717) is 18.7 Å². The van der Waals surface area contributed by atoms with Crippen molar-refractivity contribution < 1.29 is 9.59 Å². The lowest BCUT2D eigenvalue weighted by molar-refractivity contribution is -0.117. The maximum atomic E-state index is 12.4. The van der Waals surface area contributed by atoms with E-state index in [9.17, 15) is 9.59 Å². The lowest BCUT2D eigenvalue weighted by Gasteiger charge is -2.19. The van der Waals surface area contributed by atoms with E-state index >= 15 is 0 Å². The molecule has 118 valence electrons. The van der Waals surface area contributed by atoms with Crippen molar-refractivity contribution in [3.05, 3.63) is 59.2 Å². The standard InChI is InChI=1S/C19H20N2O2/c1-13-6-3-4-7-16(13)12-18(23)20-17-9-5-8-15-10-11-21(14(2)22)19(15)17/h3-9H,10-12H2,1-2H3,(H,20,23). The minimum Gasteiger partial charge on any atom is -0.324 e. The predicted octanol–water partition coefficient (Wildman–Crippen LogP) is 3.09. The Balaban J connectivity index is 1.81. The molecule has 2 aromatic rings. The number of hydrogen-bond donors (Lipinski definition) is 1. The van der Waals surface area contributed by atoms with Crippen LogP contribution in [0.2, 0.25) is 0 Å². The fourth-order valence-corrected chi connectivity index (χ4v) is 3.05. The first-order valence-corrected chi connectivity index (χ1v) is 7.80.